The Hall–Kier alpha value is -0.570. The summed E-state index contributed by atoms with van der Waals surface area (Å²) in [6.45, 7) is 3.12. The molecule has 0 aromatic carbocycles. The van der Waals surface area contributed by atoms with Gasteiger partial charge in [0.25, 0.3) is 0 Å². The number of carbonyl (C=O) groups excluding carboxylic acids is 1. The van der Waals surface area contributed by atoms with Crippen molar-refractivity contribution in [2.45, 2.75) is 44.7 Å². The number of carbonyl (C=O) groups is 1. The smallest absolute Gasteiger partial charge is 0.221 e. The molecule has 3 atom stereocenters. The van der Waals surface area contributed by atoms with Crippen LogP contribution in [-0.2, 0) is 4.79 Å². The van der Waals surface area contributed by atoms with E-state index in [0.717, 1.165) is 25.3 Å². The van der Waals surface area contributed by atoms with E-state index >= 15 is 0 Å². The van der Waals surface area contributed by atoms with E-state index in [2.05, 4.69) is 17.6 Å². The van der Waals surface area contributed by atoms with Gasteiger partial charge >= 0.3 is 0 Å². The molecule has 1 aliphatic heterocycles. The van der Waals surface area contributed by atoms with E-state index < -0.39 is 0 Å². The van der Waals surface area contributed by atoms with E-state index in [1.165, 1.54) is 6.42 Å². The van der Waals surface area contributed by atoms with Crippen molar-refractivity contribution in [3.63, 3.8) is 0 Å². The molecule has 2 fully saturated rings. The second-order valence-electron chi connectivity index (χ2n) is 4.38. The van der Waals surface area contributed by atoms with Crippen molar-refractivity contribution in [1.82, 2.24) is 10.6 Å². The molecule has 3 heteroatoms. The molecule has 0 aromatic rings. The summed E-state index contributed by atoms with van der Waals surface area (Å²) in [5, 5.41) is 6.45. The van der Waals surface area contributed by atoms with Gasteiger partial charge in [-0.2, -0.15) is 0 Å². The van der Waals surface area contributed by atoms with Gasteiger partial charge in [-0.15, -0.1) is 0 Å². The maximum absolute atomic E-state index is 11.2. The van der Waals surface area contributed by atoms with Crippen LogP contribution in [0.4, 0.5) is 0 Å². The zero-order valence-electron chi connectivity index (χ0n) is 8.18. The lowest BCUT2D eigenvalue weighted by atomic mass is 10.1. The van der Waals surface area contributed by atoms with E-state index in [4.69, 9.17) is 0 Å². The van der Waals surface area contributed by atoms with Gasteiger partial charge in [0.15, 0.2) is 0 Å². The van der Waals surface area contributed by atoms with Crippen molar-refractivity contribution in [3.8, 4) is 0 Å². The summed E-state index contributed by atoms with van der Waals surface area (Å²) in [5.41, 5.74) is 0. The molecule has 1 amide bonds. The number of amides is 1. The van der Waals surface area contributed by atoms with Crippen LogP contribution >= 0.6 is 0 Å². The fraction of sp³-hybridized carbons (Fsp3) is 0.900. The monoisotopic (exact) mass is 182 g/mol. The topological polar surface area (TPSA) is 41.1 Å². The van der Waals surface area contributed by atoms with Crippen LogP contribution in [0.15, 0.2) is 0 Å². The molecule has 2 rings (SSSR count). The molecular weight excluding hydrogens is 164 g/mol. The Bertz CT molecular complexity index is 205. The third-order valence-corrected chi connectivity index (χ3v) is 3.04. The second-order valence-corrected chi connectivity index (χ2v) is 4.38. The molecule has 1 saturated carbocycles. The molecule has 74 valence electrons. The highest BCUT2D eigenvalue weighted by Crippen LogP contribution is 2.30. The lowest BCUT2D eigenvalue weighted by Crippen LogP contribution is -2.34. The molecule has 13 heavy (non-hydrogen) atoms. The predicted molar refractivity (Wildman–Crippen MR) is 51.4 cm³/mol. The van der Waals surface area contributed by atoms with Crippen LogP contribution in [0.1, 0.15) is 32.6 Å². The molecule has 3 nitrogen and oxygen atoms in total. The average Bonchev–Trinajstić information content (AvgIpc) is 2.78. The number of hydrogen-bond acceptors (Lipinski definition) is 2. The lowest BCUT2D eigenvalue weighted by molar-refractivity contribution is -0.121. The summed E-state index contributed by atoms with van der Waals surface area (Å²) < 4.78 is 0. The third kappa shape index (κ3) is 2.44. The molecule has 2 aliphatic rings. The minimum Gasteiger partial charge on any atom is -0.356 e. The standard InChI is InChI=1S/C10H18N2O/c1-7-5-9(7)12-8-3-2-4-11-10(13)6-8/h7-9,12H,2-6H2,1H3,(H,11,13). The Labute approximate surface area is 79.3 Å². The van der Waals surface area contributed by atoms with Crippen LogP contribution in [0.2, 0.25) is 0 Å². The highest BCUT2D eigenvalue weighted by Gasteiger charge is 2.34. The van der Waals surface area contributed by atoms with Gasteiger partial charge in [0.1, 0.15) is 0 Å². The van der Waals surface area contributed by atoms with Gasteiger partial charge in [-0.25, -0.2) is 0 Å². The Kier molecular flexibility index (Phi) is 2.54. The molecule has 1 aliphatic carbocycles. The Morgan fingerprint density at radius 2 is 2.31 bits per heavy atom. The zero-order valence-corrected chi connectivity index (χ0v) is 8.18. The van der Waals surface area contributed by atoms with Crippen LogP contribution in [0, 0.1) is 5.92 Å². The van der Waals surface area contributed by atoms with Gasteiger partial charge in [-0.05, 0) is 25.2 Å². The molecular formula is C10H18N2O. The average molecular weight is 182 g/mol. The first kappa shape index (κ1) is 9.00. The fourth-order valence-electron chi connectivity index (χ4n) is 1.97. The van der Waals surface area contributed by atoms with E-state index in [1.54, 1.807) is 0 Å². The van der Waals surface area contributed by atoms with Crippen LogP contribution in [0.3, 0.4) is 0 Å². The van der Waals surface area contributed by atoms with Crippen LogP contribution in [-0.4, -0.2) is 24.5 Å². The fourth-order valence-corrected chi connectivity index (χ4v) is 1.97. The van der Waals surface area contributed by atoms with Gasteiger partial charge in [0.05, 0.1) is 0 Å². The lowest BCUT2D eigenvalue weighted by Gasteiger charge is -2.14. The highest BCUT2D eigenvalue weighted by molar-refractivity contribution is 5.76. The molecule has 0 radical (unpaired) electrons. The minimum atomic E-state index is 0.211. The molecule has 1 saturated heterocycles. The van der Waals surface area contributed by atoms with Crippen molar-refractivity contribution >= 4 is 5.91 Å². The van der Waals surface area contributed by atoms with Crippen LogP contribution in [0.25, 0.3) is 0 Å². The maximum Gasteiger partial charge on any atom is 0.221 e. The third-order valence-electron chi connectivity index (χ3n) is 3.04. The van der Waals surface area contributed by atoms with E-state index in [1.807, 2.05) is 0 Å². The van der Waals surface area contributed by atoms with Crippen molar-refractivity contribution in [2.24, 2.45) is 5.92 Å². The largest absolute Gasteiger partial charge is 0.356 e. The Morgan fingerprint density at radius 3 is 3.00 bits per heavy atom. The summed E-state index contributed by atoms with van der Waals surface area (Å²) in [6, 6.07) is 1.12. The Morgan fingerprint density at radius 1 is 1.54 bits per heavy atom. The Balaban J connectivity index is 1.79. The molecule has 0 bridgehead atoms. The summed E-state index contributed by atoms with van der Waals surface area (Å²) in [7, 11) is 0. The number of hydrogen-bond donors (Lipinski definition) is 2. The van der Waals surface area contributed by atoms with Gasteiger partial charge in [-0.1, -0.05) is 6.92 Å². The van der Waals surface area contributed by atoms with Gasteiger partial charge in [0.2, 0.25) is 5.91 Å². The van der Waals surface area contributed by atoms with Crippen molar-refractivity contribution < 1.29 is 4.79 Å². The molecule has 0 spiro atoms. The first-order valence-electron chi connectivity index (χ1n) is 5.28. The molecule has 0 aromatic heterocycles. The van der Waals surface area contributed by atoms with Gasteiger partial charge < -0.3 is 10.6 Å². The quantitative estimate of drug-likeness (QED) is 0.658. The van der Waals surface area contributed by atoms with E-state index in [0.29, 0.717) is 18.5 Å². The van der Waals surface area contributed by atoms with E-state index in [-0.39, 0.29) is 5.91 Å². The SMILES string of the molecule is CC1CC1NC1CCCNC(=O)C1. The van der Waals surface area contributed by atoms with Crippen LogP contribution < -0.4 is 10.6 Å². The first-order valence-corrected chi connectivity index (χ1v) is 5.28. The second kappa shape index (κ2) is 3.66. The summed E-state index contributed by atoms with van der Waals surface area (Å²) in [6.07, 6.45) is 4.22. The normalized spacial score (nSPS) is 39.5. The highest BCUT2D eigenvalue weighted by atomic mass is 16.1. The van der Waals surface area contributed by atoms with Crippen LogP contribution in [0.5, 0.6) is 0 Å². The predicted octanol–water partition coefficient (Wildman–Crippen LogP) is 0.653. The van der Waals surface area contributed by atoms with Crippen molar-refractivity contribution in [2.75, 3.05) is 6.54 Å². The van der Waals surface area contributed by atoms with E-state index in [9.17, 15) is 4.79 Å². The summed E-state index contributed by atoms with van der Waals surface area (Å²) in [5.74, 6) is 1.04. The van der Waals surface area contributed by atoms with Gasteiger partial charge in [0, 0.05) is 25.0 Å². The maximum atomic E-state index is 11.2. The number of nitrogens with one attached hydrogen (secondary N) is 2. The molecule has 1 heterocycles. The van der Waals surface area contributed by atoms with Crippen molar-refractivity contribution in [3.05, 3.63) is 0 Å². The van der Waals surface area contributed by atoms with Crippen molar-refractivity contribution in [1.29, 1.82) is 0 Å². The summed E-state index contributed by atoms with van der Waals surface area (Å²) >= 11 is 0. The van der Waals surface area contributed by atoms with Gasteiger partial charge in [-0.3, -0.25) is 4.79 Å². The molecule has 2 N–H and O–H groups in total. The first-order chi connectivity index (χ1) is 6.25. The molecule has 3 unspecified atom stereocenters. The number of rotatable bonds is 2. The minimum absolute atomic E-state index is 0.211. The zero-order chi connectivity index (χ0) is 9.26. The summed E-state index contributed by atoms with van der Waals surface area (Å²) in [4.78, 5) is 11.2.